The van der Waals surface area contributed by atoms with Gasteiger partial charge < -0.3 is 19.5 Å². The highest BCUT2D eigenvalue weighted by Gasteiger charge is 2.14. The Morgan fingerprint density at radius 3 is 3.00 bits per heavy atom. The molecule has 0 saturated carbocycles. The summed E-state index contributed by atoms with van der Waals surface area (Å²) in [4.78, 5) is 12.3. The van der Waals surface area contributed by atoms with Crippen LogP contribution in [0.1, 0.15) is 0 Å². The molecule has 0 atom stereocenters. The van der Waals surface area contributed by atoms with Crippen LogP contribution in [0.3, 0.4) is 0 Å². The van der Waals surface area contributed by atoms with Gasteiger partial charge in [0, 0.05) is 17.3 Å². The van der Waals surface area contributed by atoms with Gasteiger partial charge in [-0.2, -0.15) is 9.61 Å². The zero-order valence-corrected chi connectivity index (χ0v) is 15.1. The smallest absolute Gasteiger partial charge is 0.262 e. The van der Waals surface area contributed by atoms with Gasteiger partial charge in [-0.1, -0.05) is 12.1 Å². The van der Waals surface area contributed by atoms with Gasteiger partial charge in [-0.05, 0) is 36.4 Å². The number of amides is 1. The fourth-order valence-corrected chi connectivity index (χ4v) is 2.95. The second kappa shape index (κ2) is 7.12. The number of hydrogen-bond acceptors (Lipinski definition) is 7. The van der Waals surface area contributed by atoms with Gasteiger partial charge in [0.1, 0.15) is 12.1 Å². The quantitative estimate of drug-likeness (QED) is 0.560. The molecule has 1 N–H and O–H groups in total. The average molecular weight is 389 g/mol. The maximum atomic E-state index is 12.3. The van der Waals surface area contributed by atoms with Crippen molar-refractivity contribution >= 4 is 17.2 Å². The molecule has 0 spiro atoms. The minimum absolute atomic E-state index is 0.130. The molecule has 0 saturated heterocycles. The van der Waals surface area contributed by atoms with E-state index in [2.05, 4.69) is 20.6 Å². The van der Waals surface area contributed by atoms with Crippen molar-refractivity contribution in [1.29, 1.82) is 0 Å². The summed E-state index contributed by atoms with van der Waals surface area (Å²) in [7, 11) is 0. The number of hydrogen-bond donors (Lipinski definition) is 1. The van der Waals surface area contributed by atoms with E-state index in [0.717, 1.165) is 11.3 Å². The van der Waals surface area contributed by atoms with Gasteiger partial charge in [-0.3, -0.25) is 4.79 Å². The van der Waals surface area contributed by atoms with Gasteiger partial charge in [0.15, 0.2) is 23.8 Å². The van der Waals surface area contributed by atoms with Crippen LogP contribution in [0.25, 0.3) is 16.9 Å². The Hall–Kier alpha value is -4.14. The Morgan fingerprint density at radius 2 is 2.03 bits per heavy atom. The first-order valence-corrected chi connectivity index (χ1v) is 8.84. The summed E-state index contributed by atoms with van der Waals surface area (Å²) in [6, 6.07) is 16.3. The van der Waals surface area contributed by atoms with E-state index in [-0.39, 0.29) is 19.3 Å². The molecule has 3 heterocycles. The highest BCUT2D eigenvalue weighted by molar-refractivity contribution is 5.92. The third kappa shape index (κ3) is 3.53. The lowest BCUT2D eigenvalue weighted by Gasteiger charge is -2.09. The van der Waals surface area contributed by atoms with Crippen molar-refractivity contribution in [1.82, 2.24) is 19.8 Å². The van der Waals surface area contributed by atoms with E-state index in [9.17, 15) is 4.79 Å². The van der Waals surface area contributed by atoms with E-state index in [1.165, 1.54) is 6.33 Å². The largest absolute Gasteiger partial charge is 0.484 e. The molecule has 5 rings (SSSR count). The summed E-state index contributed by atoms with van der Waals surface area (Å²) in [5.41, 5.74) is 2.91. The Kier molecular flexibility index (Phi) is 4.17. The SMILES string of the molecule is O=C(COc1ccc2c(c1)OCO2)Nc1cccc(-c2ccc3nncn3n2)c1. The first-order valence-electron chi connectivity index (χ1n) is 8.84. The molecule has 0 aliphatic carbocycles. The number of fused-ring (bicyclic) bond motifs is 2. The Balaban J connectivity index is 1.25. The lowest BCUT2D eigenvalue weighted by atomic mass is 10.1. The van der Waals surface area contributed by atoms with Crippen LogP contribution in [0.4, 0.5) is 5.69 Å². The molecule has 1 aliphatic rings. The summed E-state index contributed by atoms with van der Waals surface area (Å²) in [6.45, 7) is 0.0591. The summed E-state index contributed by atoms with van der Waals surface area (Å²) >= 11 is 0. The minimum atomic E-state index is -0.276. The third-order valence-corrected chi connectivity index (χ3v) is 4.32. The van der Waals surface area contributed by atoms with Crippen LogP contribution in [0.15, 0.2) is 60.9 Å². The molecule has 0 fully saturated rings. The van der Waals surface area contributed by atoms with Crippen molar-refractivity contribution in [3.8, 4) is 28.5 Å². The maximum Gasteiger partial charge on any atom is 0.262 e. The van der Waals surface area contributed by atoms with Crippen LogP contribution < -0.4 is 19.5 Å². The van der Waals surface area contributed by atoms with Crippen molar-refractivity contribution in [3.63, 3.8) is 0 Å². The molecule has 2 aromatic heterocycles. The fraction of sp³-hybridized carbons (Fsp3) is 0.100. The van der Waals surface area contributed by atoms with Gasteiger partial charge in [-0.15, -0.1) is 10.2 Å². The van der Waals surface area contributed by atoms with Gasteiger partial charge in [0.05, 0.1) is 5.69 Å². The normalized spacial score (nSPS) is 12.1. The molecule has 144 valence electrons. The standard InChI is InChI=1S/C20H15N5O4/c26-20(10-27-15-4-6-17-18(9-15)29-12-28-17)22-14-3-1-2-13(8-14)16-5-7-19-23-21-11-25(19)24-16/h1-9,11H,10,12H2,(H,22,26). The van der Waals surface area contributed by atoms with E-state index < -0.39 is 0 Å². The highest BCUT2D eigenvalue weighted by Crippen LogP contribution is 2.35. The number of carbonyl (C=O) groups excluding carboxylic acids is 1. The number of aromatic nitrogens is 4. The molecule has 1 amide bonds. The summed E-state index contributed by atoms with van der Waals surface area (Å²) in [5.74, 6) is 1.52. The molecule has 9 nitrogen and oxygen atoms in total. The van der Waals surface area contributed by atoms with Crippen molar-refractivity contribution in [2.24, 2.45) is 0 Å². The molecular weight excluding hydrogens is 374 g/mol. The van der Waals surface area contributed by atoms with Gasteiger partial charge in [-0.25, -0.2) is 0 Å². The number of benzene rings is 2. The number of nitrogens with zero attached hydrogens (tertiary/aromatic N) is 4. The number of rotatable bonds is 5. The number of carbonyl (C=O) groups is 1. The van der Waals surface area contributed by atoms with E-state index in [1.54, 1.807) is 28.8 Å². The molecule has 0 radical (unpaired) electrons. The van der Waals surface area contributed by atoms with Crippen molar-refractivity contribution in [2.75, 3.05) is 18.7 Å². The highest BCUT2D eigenvalue weighted by atomic mass is 16.7. The first-order chi connectivity index (χ1) is 14.2. The van der Waals surface area contributed by atoms with Crippen LogP contribution in [0.5, 0.6) is 17.2 Å². The summed E-state index contributed by atoms with van der Waals surface area (Å²) in [6.07, 6.45) is 1.54. The van der Waals surface area contributed by atoms with Crippen molar-refractivity contribution < 1.29 is 19.0 Å². The molecule has 1 aliphatic heterocycles. The molecule has 4 aromatic rings. The van der Waals surface area contributed by atoms with Gasteiger partial charge in [0.2, 0.25) is 6.79 Å². The molecule has 2 aromatic carbocycles. The Labute approximate surface area is 164 Å². The lowest BCUT2D eigenvalue weighted by molar-refractivity contribution is -0.118. The van der Waals surface area contributed by atoms with Crippen LogP contribution >= 0.6 is 0 Å². The van der Waals surface area contributed by atoms with Crippen molar-refractivity contribution in [2.45, 2.75) is 0 Å². The monoisotopic (exact) mass is 389 g/mol. The number of anilines is 1. The fourth-order valence-electron chi connectivity index (χ4n) is 2.95. The topological polar surface area (TPSA) is 99.9 Å². The van der Waals surface area contributed by atoms with E-state index >= 15 is 0 Å². The molecule has 0 bridgehead atoms. The maximum absolute atomic E-state index is 12.3. The summed E-state index contributed by atoms with van der Waals surface area (Å²) < 4.78 is 17.7. The summed E-state index contributed by atoms with van der Waals surface area (Å²) in [5, 5.41) is 15.1. The second-order valence-corrected chi connectivity index (χ2v) is 6.29. The zero-order valence-electron chi connectivity index (χ0n) is 15.1. The molecule has 0 unspecified atom stereocenters. The lowest BCUT2D eigenvalue weighted by Crippen LogP contribution is -2.20. The van der Waals surface area contributed by atoms with E-state index in [0.29, 0.717) is 28.6 Å². The molecular formula is C20H15N5O4. The number of ether oxygens (including phenoxy) is 3. The Bertz CT molecular complexity index is 1210. The predicted molar refractivity (Wildman–Crippen MR) is 103 cm³/mol. The first kappa shape index (κ1) is 17.0. The number of nitrogens with one attached hydrogen (secondary N) is 1. The van der Waals surface area contributed by atoms with Crippen LogP contribution in [0, 0.1) is 0 Å². The third-order valence-electron chi connectivity index (χ3n) is 4.32. The van der Waals surface area contributed by atoms with Gasteiger partial charge >= 0.3 is 0 Å². The van der Waals surface area contributed by atoms with E-state index in [1.807, 2.05) is 30.3 Å². The van der Waals surface area contributed by atoms with Crippen LogP contribution in [0.2, 0.25) is 0 Å². The van der Waals surface area contributed by atoms with E-state index in [4.69, 9.17) is 14.2 Å². The van der Waals surface area contributed by atoms with Crippen molar-refractivity contribution in [3.05, 3.63) is 60.9 Å². The zero-order chi connectivity index (χ0) is 19.6. The molecule has 9 heteroatoms. The second-order valence-electron chi connectivity index (χ2n) is 6.29. The van der Waals surface area contributed by atoms with Crippen LogP contribution in [-0.2, 0) is 4.79 Å². The van der Waals surface area contributed by atoms with Crippen LogP contribution in [-0.4, -0.2) is 39.1 Å². The molecule has 29 heavy (non-hydrogen) atoms. The Morgan fingerprint density at radius 1 is 1.10 bits per heavy atom. The predicted octanol–water partition coefficient (Wildman–Crippen LogP) is 2.54. The van der Waals surface area contributed by atoms with Gasteiger partial charge in [0.25, 0.3) is 5.91 Å². The average Bonchev–Trinajstić information content (AvgIpc) is 3.40. The minimum Gasteiger partial charge on any atom is -0.484 e.